The van der Waals surface area contributed by atoms with Gasteiger partial charge >= 0.3 is 13.8 Å². The minimum absolute atomic E-state index is 0.00687. The average Bonchev–Trinajstić information content (AvgIpc) is 3.07. The highest BCUT2D eigenvalue weighted by molar-refractivity contribution is 7.46. The molecule has 0 radical (unpaired) electrons. The monoisotopic (exact) mass is 431 g/mol. The van der Waals surface area contributed by atoms with Crippen LogP contribution in [0.25, 0.3) is 11.2 Å². The third-order valence-corrected chi connectivity index (χ3v) is 6.23. The maximum atomic E-state index is 11.5. The molecule has 28 heavy (non-hydrogen) atoms. The number of carbonyl (C=O) groups is 1. The van der Waals surface area contributed by atoms with Crippen LogP contribution in [-0.2, 0) is 18.6 Å². The lowest BCUT2D eigenvalue weighted by atomic mass is 10.0. The van der Waals surface area contributed by atoms with E-state index in [-0.39, 0.29) is 23.9 Å². The number of ether oxygens (including phenoxy) is 1. The Balaban J connectivity index is 1.70. The van der Waals surface area contributed by atoms with E-state index in [4.69, 9.17) is 20.9 Å². The van der Waals surface area contributed by atoms with Crippen molar-refractivity contribution in [2.45, 2.75) is 31.9 Å². The summed E-state index contributed by atoms with van der Waals surface area (Å²) in [5, 5.41) is 2.98. The molecule has 0 saturated heterocycles. The highest BCUT2D eigenvalue weighted by atomic mass is 35.5. The molecule has 13 heteroatoms. The van der Waals surface area contributed by atoms with Crippen LogP contribution in [0.5, 0.6) is 0 Å². The van der Waals surface area contributed by atoms with Crippen molar-refractivity contribution in [3.8, 4) is 0 Å². The molecule has 2 heterocycles. The fraction of sp³-hybridized carbons (Fsp3) is 0.600. The van der Waals surface area contributed by atoms with Crippen LogP contribution in [0.2, 0.25) is 5.28 Å². The zero-order valence-corrected chi connectivity index (χ0v) is 16.7. The van der Waals surface area contributed by atoms with E-state index in [1.165, 1.54) is 6.92 Å². The number of hydrogen-bond donors (Lipinski definition) is 3. The molecule has 4 rings (SSSR count). The normalized spacial score (nSPS) is 29.0. The fourth-order valence-corrected chi connectivity index (χ4v) is 5.07. The number of esters is 1. The molecular weight excluding hydrogens is 413 g/mol. The Hall–Kier alpha value is -1.78. The molecule has 2 aromatic heterocycles. The summed E-state index contributed by atoms with van der Waals surface area (Å²) in [6, 6.07) is -0.187. The third-order valence-electron chi connectivity index (χ3n) is 5.54. The van der Waals surface area contributed by atoms with Crippen LogP contribution in [0.4, 0.5) is 5.82 Å². The Morgan fingerprint density at radius 1 is 1.50 bits per heavy atom. The first-order valence-corrected chi connectivity index (χ1v) is 10.5. The molecule has 0 aliphatic heterocycles. The minimum Gasteiger partial charge on any atom is -0.465 e. The van der Waals surface area contributed by atoms with Gasteiger partial charge in [0.1, 0.15) is 0 Å². The van der Waals surface area contributed by atoms with Gasteiger partial charge in [0, 0.05) is 25.4 Å². The number of hydrogen-bond acceptors (Lipinski definition) is 8. The SMILES string of the molecule is CNc1nc(Cl)nc2c1ncn2[C@H]1CC(OP(=O)(O)O)[C@]2(COC(C)=O)CC12. The van der Waals surface area contributed by atoms with Gasteiger partial charge in [-0.25, -0.2) is 9.55 Å². The van der Waals surface area contributed by atoms with E-state index >= 15 is 0 Å². The Labute approximate surface area is 164 Å². The lowest BCUT2D eigenvalue weighted by Gasteiger charge is -2.23. The summed E-state index contributed by atoms with van der Waals surface area (Å²) in [6.07, 6.45) is 1.77. The van der Waals surface area contributed by atoms with Crippen molar-refractivity contribution < 1.29 is 28.4 Å². The van der Waals surface area contributed by atoms with Crippen LogP contribution in [-0.4, -0.2) is 55.0 Å². The summed E-state index contributed by atoms with van der Waals surface area (Å²) >= 11 is 6.02. The van der Waals surface area contributed by atoms with Crippen molar-refractivity contribution in [2.75, 3.05) is 19.0 Å². The van der Waals surface area contributed by atoms with Gasteiger partial charge in [0.25, 0.3) is 0 Å². The molecule has 11 nitrogen and oxygen atoms in total. The van der Waals surface area contributed by atoms with E-state index in [0.29, 0.717) is 29.8 Å². The van der Waals surface area contributed by atoms with Crippen LogP contribution >= 0.6 is 19.4 Å². The third kappa shape index (κ3) is 3.27. The van der Waals surface area contributed by atoms with Crippen molar-refractivity contribution in [1.82, 2.24) is 19.5 Å². The van der Waals surface area contributed by atoms with Gasteiger partial charge in [-0.2, -0.15) is 9.97 Å². The molecule has 2 fully saturated rings. The number of carbonyl (C=O) groups excluding carboxylic acids is 1. The van der Waals surface area contributed by atoms with Gasteiger partial charge in [0.05, 0.1) is 19.0 Å². The Kier molecular flexibility index (Phi) is 4.63. The first-order chi connectivity index (χ1) is 13.1. The zero-order valence-electron chi connectivity index (χ0n) is 15.1. The maximum absolute atomic E-state index is 11.5. The second kappa shape index (κ2) is 6.64. The molecule has 0 bridgehead atoms. The topological polar surface area (TPSA) is 149 Å². The minimum atomic E-state index is -4.71. The number of phosphoric ester groups is 1. The Bertz CT molecular complexity index is 995. The molecule has 2 aromatic rings. The molecule has 3 N–H and O–H groups in total. The van der Waals surface area contributed by atoms with Gasteiger partial charge in [-0.05, 0) is 30.4 Å². The lowest BCUT2D eigenvalue weighted by molar-refractivity contribution is -0.144. The second-order valence-corrected chi connectivity index (χ2v) is 8.66. The number of nitrogens with zero attached hydrogens (tertiary/aromatic N) is 4. The van der Waals surface area contributed by atoms with E-state index in [2.05, 4.69) is 20.3 Å². The predicted octanol–water partition coefficient (Wildman–Crippen LogP) is 1.51. The van der Waals surface area contributed by atoms with Gasteiger partial charge in [0.15, 0.2) is 17.0 Å². The second-order valence-electron chi connectivity index (χ2n) is 7.13. The molecule has 0 amide bonds. The van der Waals surface area contributed by atoms with Crippen molar-refractivity contribution in [3.05, 3.63) is 11.6 Å². The highest BCUT2D eigenvalue weighted by Crippen LogP contribution is 2.70. The number of fused-ring (bicyclic) bond motifs is 2. The predicted molar refractivity (Wildman–Crippen MR) is 97.6 cm³/mol. The summed E-state index contributed by atoms with van der Waals surface area (Å²) in [6.45, 7) is 1.33. The van der Waals surface area contributed by atoms with Crippen LogP contribution in [0.1, 0.15) is 25.8 Å². The number of aromatic nitrogens is 4. The van der Waals surface area contributed by atoms with Crippen LogP contribution in [0.15, 0.2) is 6.33 Å². The number of phosphoric acid groups is 1. The summed E-state index contributed by atoms with van der Waals surface area (Å²) in [5.41, 5.74) is 0.411. The van der Waals surface area contributed by atoms with Crippen molar-refractivity contribution in [3.63, 3.8) is 0 Å². The molecule has 2 aliphatic carbocycles. The van der Waals surface area contributed by atoms with E-state index in [1.807, 2.05) is 4.57 Å². The molecule has 0 spiro atoms. The van der Waals surface area contributed by atoms with Crippen LogP contribution in [0, 0.1) is 11.3 Å². The first kappa shape index (κ1) is 19.5. The Morgan fingerprint density at radius 2 is 2.25 bits per heavy atom. The van der Waals surface area contributed by atoms with Crippen molar-refractivity contribution in [1.29, 1.82) is 0 Å². The zero-order chi connectivity index (χ0) is 20.3. The number of anilines is 1. The van der Waals surface area contributed by atoms with E-state index < -0.39 is 25.3 Å². The standard InChI is InChI=1S/C15H19ClN5O6P/c1-7(22)26-5-15-4-8(15)9(3-10(15)27-28(23,24)25)21-6-18-11-12(17-2)19-14(16)20-13(11)21/h6,8-10H,3-5H2,1-2H3,(H,17,19,20)(H2,23,24,25)/t8?,9-,10?,15-/m0/s1. The average molecular weight is 432 g/mol. The molecule has 4 atom stereocenters. The fourth-order valence-electron chi connectivity index (χ4n) is 4.28. The van der Waals surface area contributed by atoms with Gasteiger partial charge in [0.2, 0.25) is 5.28 Å². The molecule has 152 valence electrons. The summed E-state index contributed by atoms with van der Waals surface area (Å²) in [4.78, 5) is 42.6. The maximum Gasteiger partial charge on any atom is 0.469 e. The lowest BCUT2D eigenvalue weighted by Crippen LogP contribution is -2.27. The van der Waals surface area contributed by atoms with Gasteiger partial charge < -0.3 is 24.4 Å². The van der Waals surface area contributed by atoms with E-state index in [9.17, 15) is 19.1 Å². The molecular formula is C15H19ClN5O6P. The summed E-state index contributed by atoms with van der Waals surface area (Å²) in [7, 11) is -3.01. The van der Waals surface area contributed by atoms with E-state index in [0.717, 1.165) is 0 Å². The largest absolute Gasteiger partial charge is 0.469 e. The van der Waals surface area contributed by atoms with Gasteiger partial charge in [-0.15, -0.1) is 0 Å². The molecule has 2 saturated carbocycles. The number of nitrogens with one attached hydrogen (secondary N) is 1. The van der Waals surface area contributed by atoms with Crippen molar-refractivity contribution in [2.24, 2.45) is 11.3 Å². The Morgan fingerprint density at radius 3 is 2.89 bits per heavy atom. The molecule has 2 aliphatic rings. The molecule has 2 unspecified atom stereocenters. The van der Waals surface area contributed by atoms with Gasteiger partial charge in [-0.3, -0.25) is 9.32 Å². The number of imidazole rings is 1. The quantitative estimate of drug-likeness (QED) is 0.349. The highest BCUT2D eigenvalue weighted by Gasteiger charge is 2.70. The summed E-state index contributed by atoms with van der Waals surface area (Å²) < 4.78 is 23.5. The number of halogens is 1. The smallest absolute Gasteiger partial charge is 0.465 e. The van der Waals surface area contributed by atoms with E-state index in [1.54, 1.807) is 13.4 Å². The number of rotatable bonds is 6. The van der Waals surface area contributed by atoms with Crippen LogP contribution in [0.3, 0.4) is 0 Å². The van der Waals surface area contributed by atoms with Gasteiger partial charge in [-0.1, -0.05) is 0 Å². The van der Waals surface area contributed by atoms with Crippen LogP contribution < -0.4 is 5.32 Å². The summed E-state index contributed by atoms with van der Waals surface area (Å²) in [5.74, 6) is 0.0222. The first-order valence-electron chi connectivity index (χ1n) is 8.60. The van der Waals surface area contributed by atoms with Crippen molar-refractivity contribution >= 4 is 42.4 Å². The molecule has 0 aromatic carbocycles.